The Bertz CT molecular complexity index is 577. The molecule has 1 atom stereocenters. The molecule has 2 aromatic rings. The SMILES string of the molecule is CNCC(O)Cn1cnc2snc(C)c2c1=O. The number of rotatable bonds is 4. The van der Waals surface area contributed by atoms with Crippen LogP contribution < -0.4 is 10.9 Å². The Labute approximate surface area is 102 Å². The third kappa shape index (κ3) is 2.36. The first kappa shape index (κ1) is 12.2. The summed E-state index contributed by atoms with van der Waals surface area (Å²) in [6, 6.07) is 0. The van der Waals surface area contributed by atoms with Gasteiger partial charge in [0.15, 0.2) is 4.83 Å². The molecule has 0 aliphatic rings. The molecule has 2 aromatic heterocycles. The van der Waals surface area contributed by atoms with Crippen molar-refractivity contribution in [1.29, 1.82) is 0 Å². The van der Waals surface area contributed by atoms with Crippen molar-refractivity contribution >= 4 is 21.7 Å². The van der Waals surface area contributed by atoms with E-state index < -0.39 is 6.10 Å². The molecule has 6 nitrogen and oxygen atoms in total. The Balaban J connectivity index is 2.39. The van der Waals surface area contributed by atoms with Crippen LogP contribution in [0.2, 0.25) is 0 Å². The van der Waals surface area contributed by atoms with Gasteiger partial charge in [0.1, 0.15) is 0 Å². The van der Waals surface area contributed by atoms with Crippen molar-refractivity contribution in [3.63, 3.8) is 0 Å². The monoisotopic (exact) mass is 254 g/mol. The molecule has 0 radical (unpaired) electrons. The summed E-state index contributed by atoms with van der Waals surface area (Å²) in [5.41, 5.74) is 0.552. The van der Waals surface area contributed by atoms with Crippen LogP contribution >= 0.6 is 11.5 Å². The van der Waals surface area contributed by atoms with Gasteiger partial charge in [0.25, 0.3) is 5.56 Å². The summed E-state index contributed by atoms with van der Waals surface area (Å²) >= 11 is 1.22. The van der Waals surface area contributed by atoms with Gasteiger partial charge < -0.3 is 10.4 Å². The van der Waals surface area contributed by atoms with Crippen molar-refractivity contribution in [2.24, 2.45) is 0 Å². The van der Waals surface area contributed by atoms with Crippen LogP contribution in [0.25, 0.3) is 10.2 Å². The van der Waals surface area contributed by atoms with E-state index in [-0.39, 0.29) is 12.1 Å². The Kier molecular flexibility index (Phi) is 3.51. The molecular weight excluding hydrogens is 240 g/mol. The summed E-state index contributed by atoms with van der Waals surface area (Å²) < 4.78 is 5.53. The van der Waals surface area contributed by atoms with Gasteiger partial charge in [0.05, 0.1) is 30.1 Å². The quantitative estimate of drug-likeness (QED) is 0.786. The van der Waals surface area contributed by atoms with E-state index in [9.17, 15) is 9.90 Å². The van der Waals surface area contributed by atoms with Crippen LogP contribution in [-0.4, -0.2) is 38.7 Å². The molecule has 0 amide bonds. The highest BCUT2D eigenvalue weighted by Gasteiger charge is 2.12. The number of aryl methyl sites for hydroxylation is 1. The van der Waals surface area contributed by atoms with E-state index in [4.69, 9.17) is 0 Å². The number of nitrogens with zero attached hydrogens (tertiary/aromatic N) is 3. The van der Waals surface area contributed by atoms with Crippen molar-refractivity contribution in [3.8, 4) is 0 Å². The molecule has 0 saturated carbocycles. The Morgan fingerprint density at radius 3 is 3.12 bits per heavy atom. The first-order valence-electron chi connectivity index (χ1n) is 5.27. The van der Waals surface area contributed by atoms with Crippen molar-refractivity contribution in [2.75, 3.05) is 13.6 Å². The lowest BCUT2D eigenvalue weighted by molar-refractivity contribution is 0.152. The molecule has 7 heteroatoms. The van der Waals surface area contributed by atoms with E-state index in [0.29, 0.717) is 22.5 Å². The molecule has 2 rings (SSSR count). The highest BCUT2D eigenvalue weighted by molar-refractivity contribution is 7.12. The van der Waals surface area contributed by atoms with Crippen LogP contribution in [0.3, 0.4) is 0 Å². The van der Waals surface area contributed by atoms with E-state index in [0.717, 1.165) is 0 Å². The predicted octanol–water partition coefficient (Wildman–Crippen LogP) is -0.258. The highest BCUT2D eigenvalue weighted by Crippen LogP contribution is 2.15. The second-order valence-corrected chi connectivity index (χ2v) is 4.61. The second kappa shape index (κ2) is 4.91. The maximum atomic E-state index is 12.1. The minimum atomic E-state index is -0.608. The van der Waals surface area contributed by atoms with Crippen LogP contribution in [0.4, 0.5) is 0 Å². The molecule has 1 unspecified atom stereocenters. The fourth-order valence-corrected chi connectivity index (χ4v) is 2.40. The summed E-state index contributed by atoms with van der Waals surface area (Å²) in [6.45, 7) is 2.46. The van der Waals surface area contributed by atoms with E-state index >= 15 is 0 Å². The van der Waals surface area contributed by atoms with Crippen molar-refractivity contribution in [2.45, 2.75) is 19.6 Å². The number of aliphatic hydroxyl groups is 1. The van der Waals surface area contributed by atoms with E-state index in [1.807, 2.05) is 0 Å². The lowest BCUT2D eigenvalue weighted by Gasteiger charge is -2.11. The lowest BCUT2D eigenvalue weighted by atomic mass is 10.3. The van der Waals surface area contributed by atoms with E-state index in [2.05, 4.69) is 14.7 Å². The third-order valence-corrected chi connectivity index (χ3v) is 3.33. The number of hydrogen-bond acceptors (Lipinski definition) is 6. The molecule has 0 aliphatic heterocycles. The number of nitrogens with one attached hydrogen (secondary N) is 1. The van der Waals surface area contributed by atoms with Crippen molar-refractivity contribution in [3.05, 3.63) is 22.4 Å². The number of fused-ring (bicyclic) bond motifs is 1. The average Bonchev–Trinajstić information content (AvgIpc) is 2.65. The minimum absolute atomic E-state index is 0.142. The van der Waals surface area contributed by atoms with Gasteiger partial charge in [-0.15, -0.1) is 0 Å². The third-order valence-electron chi connectivity index (χ3n) is 2.48. The topological polar surface area (TPSA) is 80.0 Å². The number of aromatic nitrogens is 3. The summed E-state index contributed by atoms with van der Waals surface area (Å²) in [4.78, 5) is 16.9. The molecule has 2 heterocycles. The second-order valence-electron chi connectivity index (χ2n) is 3.86. The predicted molar refractivity (Wildman–Crippen MR) is 66.3 cm³/mol. The maximum absolute atomic E-state index is 12.1. The fraction of sp³-hybridized carbons (Fsp3) is 0.500. The summed E-state index contributed by atoms with van der Waals surface area (Å²) in [7, 11) is 1.75. The van der Waals surface area contributed by atoms with Crippen molar-refractivity contribution in [1.82, 2.24) is 19.2 Å². The first-order chi connectivity index (χ1) is 8.13. The molecule has 0 spiro atoms. The van der Waals surface area contributed by atoms with Crippen LogP contribution in [-0.2, 0) is 6.54 Å². The highest BCUT2D eigenvalue weighted by atomic mass is 32.1. The van der Waals surface area contributed by atoms with Gasteiger partial charge in [0.2, 0.25) is 0 Å². The van der Waals surface area contributed by atoms with Crippen LogP contribution in [0.5, 0.6) is 0 Å². The van der Waals surface area contributed by atoms with Gasteiger partial charge in [-0.3, -0.25) is 9.36 Å². The van der Waals surface area contributed by atoms with Crippen molar-refractivity contribution < 1.29 is 5.11 Å². The fourth-order valence-electron chi connectivity index (χ4n) is 1.67. The van der Waals surface area contributed by atoms with E-state index in [1.165, 1.54) is 22.4 Å². The Hall–Kier alpha value is -1.31. The summed E-state index contributed by atoms with van der Waals surface area (Å²) in [6.07, 6.45) is 0.852. The number of likely N-dealkylation sites (N-methyl/N-ethyl adjacent to an activating group) is 1. The molecule has 17 heavy (non-hydrogen) atoms. The molecule has 0 aliphatic carbocycles. The lowest BCUT2D eigenvalue weighted by Crippen LogP contribution is -2.32. The van der Waals surface area contributed by atoms with Gasteiger partial charge in [0, 0.05) is 6.54 Å². The maximum Gasteiger partial charge on any atom is 0.264 e. The molecule has 0 fully saturated rings. The van der Waals surface area contributed by atoms with Crippen LogP contribution in [0, 0.1) is 6.92 Å². The van der Waals surface area contributed by atoms with Gasteiger partial charge in [-0.25, -0.2) is 4.98 Å². The van der Waals surface area contributed by atoms with Crippen LogP contribution in [0.15, 0.2) is 11.1 Å². The summed E-state index contributed by atoms with van der Waals surface area (Å²) in [5, 5.41) is 13.1. The van der Waals surface area contributed by atoms with E-state index in [1.54, 1.807) is 14.0 Å². The molecule has 92 valence electrons. The number of aliphatic hydroxyl groups excluding tert-OH is 1. The minimum Gasteiger partial charge on any atom is -0.390 e. The summed E-state index contributed by atoms with van der Waals surface area (Å²) in [5.74, 6) is 0. The zero-order valence-corrected chi connectivity index (χ0v) is 10.5. The molecule has 0 aromatic carbocycles. The molecular formula is C10H14N4O2S. The Morgan fingerprint density at radius 2 is 2.41 bits per heavy atom. The Morgan fingerprint density at radius 1 is 1.65 bits per heavy atom. The molecule has 2 N–H and O–H groups in total. The molecule has 0 bridgehead atoms. The normalized spacial score (nSPS) is 13.1. The first-order valence-corrected chi connectivity index (χ1v) is 6.05. The zero-order chi connectivity index (χ0) is 12.4. The average molecular weight is 254 g/mol. The van der Waals surface area contributed by atoms with Gasteiger partial charge >= 0.3 is 0 Å². The largest absolute Gasteiger partial charge is 0.390 e. The smallest absolute Gasteiger partial charge is 0.264 e. The van der Waals surface area contributed by atoms with Gasteiger partial charge in [-0.05, 0) is 25.5 Å². The van der Waals surface area contributed by atoms with Gasteiger partial charge in [-0.2, -0.15) is 4.37 Å². The standard InChI is InChI=1S/C10H14N4O2S/c1-6-8-9(17-13-6)12-5-14(10(8)16)4-7(15)3-11-2/h5,7,11,15H,3-4H2,1-2H3. The number of hydrogen-bond donors (Lipinski definition) is 2. The zero-order valence-electron chi connectivity index (χ0n) is 9.67. The van der Waals surface area contributed by atoms with Gasteiger partial charge in [-0.1, -0.05) is 0 Å². The molecule has 0 saturated heterocycles. The van der Waals surface area contributed by atoms with Crippen LogP contribution in [0.1, 0.15) is 5.69 Å².